The van der Waals surface area contributed by atoms with E-state index < -0.39 is 10.0 Å². The number of morpholine rings is 1. The summed E-state index contributed by atoms with van der Waals surface area (Å²) in [5.74, 6) is 0. The molecule has 1 heterocycles. The van der Waals surface area contributed by atoms with Crippen molar-refractivity contribution in [1.29, 1.82) is 0 Å². The molecule has 0 saturated carbocycles. The van der Waals surface area contributed by atoms with Gasteiger partial charge in [0.05, 0.1) is 17.6 Å². The number of rotatable bonds is 2. The minimum absolute atomic E-state index is 0.0169. The molecule has 2 rings (SSSR count). The van der Waals surface area contributed by atoms with Crippen LogP contribution < -0.4 is 0 Å². The molecule has 21 heavy (non-hydrogen) atoms. The second-order valence-corrected chi connectivity index (χ2v) is 8.73. The van der Waals surface area contributed by atoms with Crippen LogP contribution in [0.4, 0.5) is 0 Å². The summed E-state index contributed by atoms with van der Waals surface area (Å²) in [4.78, 5) is 0.358. The van der Waals surface area contributed by atoms with E-state index in [9.17, 15) is 8.42 Å². The summed E-state index contributed by atoms with van der Waals surface area (Å²) in [7, 11) is -3.45. The first-order valence-corrected chi connectivity index (χ1v) is 8.80. The topological polar surface area (TPSA) is 46.6 Å². The Balaban J connectivity index is 2.31. The van der Waals surface area contributed by atoms with E-state index in [-0.39, 0.29) is 17.6 Å². The summed E-state index contributed by atoms with van der Waals surface area (Å²) in [5, 5.41) is 0. The summed E-state index contributed by atoms with van der Waals surface area (Å²) < 4.78 is 32.6. The predicted molar refractivity (Wildman–Crippen MR) is 83.9 cm³/mol. The number of ether oxygens (including phenoxy) is 1. The molecule has 0 N–H and O–H groups in total. The third kappa shape index (κ3) is 3.47. The van der Waals surface area contributed by atoms with Gasteiger partial charge in [-0.1, -0.05) is 32.9 Å². The summed E-state index contributed by atoms with van der Waals surface area (Å²) >= 11 is 0. The van der Waals surface area contributed by atoms with Gasteiger partial charge in [0.2, 0.25) is 10.0 Å². The van der Waals surface area contributed by atoms with E-state index in [4.69, 9.17) is 4.74 Å². The van der Waals surface area contributed by atoms with Gasteiger partial charge < -0.3 is 4.74 Å². The smallest absolute Gasteiger partial charge is 0.243 e. The molecule has 0 aliphatic carbocycles. The van der Waals surface area contributed by atoms with Gasteiger partial charge in [0.15, 0.2) is 0 Å². The molecule has 1 aromatic carbocycles. The zero-order valence-corrected chi connectivity index (χ0v) is 14.3. The average Bonchev–Trinajstić information content (AvgIpc) is 2.40. The standard InChI is InChI=1S/C16H25NO3S/c1-12-11-20-13(2)10-17(12)21(18,19)15-8-6-14(7-9-15)16(3,4)5/h6-9,12-13H,10-11H2,1-5H3. The highest BCUT2D eigenvalue weighted by molar-refractivity contribution is 7.89. The highest BCUT2D eigenvalue weighted by atomic mass is 32.2. The molecule has 5 heteroatoms. The van der Waals surface area contributed by atoms with Crippen LogP contribution in [0.2, 0.25) is 0 Å². The molecular formula is C16H25NO3S. The Bertz CT molecular complexity index is 587. The molecule has 4 nitrogen and oxygen atoms in total. The third-order valence-electron chi connectivity index (χ3n) is 3.88. The van der Waals surface area contributed by atoms with Crippen molar-refractivity contribution < 1.29 is 13.2 Å². The second kappa shape index (κ2) is 5.71. The molecule has 1 aliphatic rings. The lowest BCUT2D eigenvalue weighted by molar-refractivity contribution is -0.0170. The van der Waals surface area contributed by atoms with Gasteiger partial charge in [-0.05, 0) is 37.0 Å². The first-order chi connectivity index (χ1) is 9.62. The van der Waals surface area contributed by atoms with Crippen LogP contribution in [0.3, 0.4) is 0 Å². The van der Waals surface area contributed by atoms with Crippen molar-refractivity contribution in [2.24, 2.45) is 0 Å². The first kappa shape index (κ1) is 16.5. The Hall–Kier alpha value is -0.910. The predicted octanol–water partition coefficient (Wildman–Crippen LogP) is 2.78. The van der Waals surface area contributed by atoms with Crippen LogP contribution in [0.15, 0.2) is 29.2 Å². The number of benzene rings is 1. The van der Waals surface area contributed by atoms with Crippen LogP contribution in [-0.2, 0) is 20.2 Å². The molecule has 0 radical (unpaired) electrons. The maximum atomic E-state index is 12.8. The fourth-order valence-corrected chi connectivity index (χ4v) is 4.16. The van der Waals surface area contributed by atoms with E-state index >= 15 is 0 Å². The molecule has 0 aromatic heterocycles. The largest absolute Gasteiger partial charge is 0.375 e. The van der Waals surface area contributed by atoms with Crippen molar-refractivity contribution in [3.63, 3.8) is 0 Å². The Morgan fingerprint density at radius 1 is 1.14 bits per heavy atom. The maximum absolute atomic E-state index is 12.8. The van der Waals surface area contributed by atoms with Crippen LogP contribution >= 0.6 is 0 Å². The van der Waals surface area contributed by atoms with E-state index in [0.29, 0.717) is 18.0 Å². The van der Waals surface area contributed by atoms with Gasteiger partial charge in [0, 0.05) is 12.6 Å². The number of nitrogens with zero attached hydrogens (tertiary/aromatic N) is 1. The second-order valence-electron chi connectivity index (χ2n) is 6.84. The van der Waals surface area contributed by atoms with Crippen molar-refractivity contribution >= 4 is 10.0 Å². The van der Waals surface area contributed by atoms with E-state index in [2.05, 4.69) is 20.8 Å². The van der Waals surface area contributed by atoms with Crippen LogP contribution in [-0.4, -0.2) is 38.0 Å². The van der Waals surface area contributed by atoms with Gasteiger partial charge in [-0.15, -0.1) is 0 Å². The van der Waals surface area contributed by atoms with E-state index in [1.54, 1.807) is 16.4 Å². The summed E-state index contributed by atoms with van der Waals surface area (Å²) in [6.07, 6.45) is -0.0650. The van der Waals surface area contributed by atoms with Crippen LogP contribution in [0, 0.1) is 0 Å². The van der Waals surface area contributed by atoms with Crippen molar-refractivity contribution in [2.45, 2.75) is 57.1 Å². The summed E-state index contributed by atoms with van der Waals surface area (Å²) in [6.45, 7) is 11.0. The molecule has 0 spiro atoms. The minimum Gasteiger partial charge on any atom is -0.375 e. The Morgan fingerprint density at radius 2 is 1.71 bits per heavy atom. The zero-order chi connectivity index (χ0) is 15.8. The highest BCUT2D eigenvalue weighted by Gasteiger charge is 2.34. The summed E-state index contributed by atoms with van der Waals surface area (Å²) in [6, 6.07) is 7.10. The highest BCUT2D eigenvalue weighted by Crippen LogP contribution is 2.26. The van der Waals surface area contributed by atoms with E-state index in [1.807, 2.05) is 26.0 Å². The molecule has 2 atom stereocenters. The Morgan fingerprint density at radius 3 is 2.24 bits per heavy atom. The van der Waals surface area contributed by atoms with Gasteiger partial charge in [-0.25, -0.2) is 8.42 Å². The van der Waals surface area contributed by atoms with E-state index in [1.165, 1.54) is 0 Å². The molecule has 1 aliphatic heterocycles. The number of hydrogen-bond donors (Lipinski definition) is 0. The lowest BCUT2D eigenvalue weighted by Gasteiger charge is -2.35. The first-order valence-electron chi connectivity index (χ1n) is 7.36. The fourth-order valence-electron chi connectivity index (χ4n) is 2.47. The Labute approximate surface area is 128 Å². The van der Waals surface area contributed by atoms with Gasteiger partial charge in [0.1, 0.15) is 0 Å². The van der Waals surface area contributed by atoms with Gasteiger partial charge in [0.25, 0.3) is 0 Å². The monoisotopic (exact) mass is 311 g/mol. The van der Waals surface area contributed by atoms with E-state index in [0.717, 1.165) is 5.56 Å². The summed E-state index contributed by atoms with van der Waals surface area (Å²) in [5.41, 5.74) is 1.15. The van der Waals surface area contributed by atoms with Crippen LogP contribution in [0.25, 0.3) is 0 Å². The lowest BCUT2D eigenvalue weighted by Crippen LogP contribution is -2.50. The van der Waals surface area contributed by atoms with Gasteiger partial charge in [-0.2, -0.15) is 4.31 Å². The molecule has 0 bridgehead atoms. The molecule has 118 valence electrons. The Kier molecular flexibility index (Phi) is 4.47. The SMILES string of the molecule is CC1CN(S(=O)(=O)c2ccc(C(C)(C)C)cc2)C(C)CO1. The number of hydrogen-bond acceptors (Lipinski definition) is 3. The molecule has 2 unspecified atom stereocenters. The van der Waals surface area contributed by atoms with Crippen molar-refractivity contribution in [1.82, 2.24) is 4.31 Å². The zero-order valence-electron chi connectivity index (χ0n) is 13.5. The van der Waals surface area contributed by atoms with Crippen molar-refractivity contribution in [2.75, 3.05) is 13.2 Å². The molecule has 1 aromatic rings. The van der Waals surface area contributed by atoms with Gasteiger partial charge in [-0.3, -0.25) is 0 Å². The molecular weight excluding hydrogens is 286 g/mol. The average molecular weight is 311 g/mol. The lowest BCUT2D eigenvalue weighted by atomic mass is 9.87. The molecule has 0 amide bonds. The van der Waals surface area contributed by atoms with Crippen LogP contribution in [0.1, 0.15) is 40.2 Å². The van der Waals surface area contributed by atoms with Crippen LogP contribution in [0.5, 0.6) is 0 Å². The minimum atomic E-state index is -3.45. The van der Waals surface area contributed by atoms with Crippen molar-refractivity contribution in [3.05, 3.63) is 29.8 Å². The van der Waals surface area contributed by atoms with Crippen molar-refractivity contribution in [3.8, 4) is 0 Å². The normalized spacial score (nSPS) is 25.0. The maximum Gasteiger partial charge on any atom is 0.243 e. The quantitative estimate of drug-likeness (QED) is 0.844. The van der Waals surface area contributed by atoms with Gasteiger partial charge >= 0.3 is 0 Å². The third-order valence-corrected chi connectivity index (χ3v) is 5.87. The number of sulfonamides is 1. The molecule has 1 saturated heterocycles. The fraction of sp³-hybridized carbons (Fsp3) is 0.625. The molecule has 1 fully saturated rings.